The van der Waals surface area contributed by atoms with Gasteiger partial charge in [0.25, 0.3) is 0 Å². The molecule has 0 radical (unpaired) electrons. The maximum Gasteiger partial charge on any atom is 0.410 e. The van der Waals surface area contributed by atoms with Gasteiger partial charge in [0.1, 0.15) is 17.5 Å². The minimum atomic E-state index is -0.509. The number of piperidine rings is 1. The Balaban J connectivity index is 1.64. The first-order chi connectivity index (χ1) is 13.7. The topological polar surface area (TPSA) is 94.9 Å². The van der Waals surface area contributed by atoms with Crippen LogP contribution < -0.4 is 10.5 Å². The average Bonchev–Trinajstić information content (AvgIpc) is 2.67. The summed E-state index contributed by atoms with van der Waals surface area (Å²) in [5, 5.41) is 0. The second-order valence-corrected chi connectivity index (χ2v) is 7.88. The molecule has 8 nitrogen and oxygen atoms in total. The van der Waals surface area contributed by atoms with Crippen LogP contribution in [-0.2, 0) is 4.74 Å². The Morgan fingerprint density at radius 2 is 2.00 bits per heavy atom. The Morgan fingerprint density at radius 1 is 1.28 bits per heavy atom. The summed E-state index contributed by atoms with van der Waals surface area (Å²) in [5.74, 6) is 0.713. The number of ether oxygens (including phenoxy) is 2. The number of anilines is 1. The van der Waals surface area contributed by atoms with Gasteiger partial charge in [-0.25, -0.2) is 19.6 Å². The molecule has 29 heavy (non-hydrogen) atoms. The fourth-order valence-electron chi connectivity index (χ4n) is 3.06. The molecule has 8 heteroatoms. The molecule has 1 aliphatic rings. The van der Waals surface area contributed by atoms with Crippen LogP contribution >= 0.6 is 0 Å². The zero-order valence-corrected chi connectivity index (χ0v) is 16.9. The molecule has 0 atom stereocenters. The summed E-state index contributed by atoms with van der Waals surface area (Å²) in [4.78, 5) is 25.5. The third kappa shape index (κ3) is 5.35. The van der Waals surface area contributed by atoms with Crippen molar-refractivity contribution in [3.63, 3.8) is 0 Å². The molecule has 3 rings (SSSR count). The van der Waals surface area contributed by atoms with Crippen molar-refractivity contribution >= 4 is 17.7 Å². The van der Waals surface area contributed by atoms with Gasteiger partial charge in [0.2, 0.25) is 11.6 Å². The lowest BCUT2D eigenvalue weighted by molar-refractivity contribution is 0.0127. The molecular formula is C21H25N5O3. The van der Waals surface area contributed by atoms with Crippen LogP contribution in [0.25, 0.3) is 16.1 Å². The van der Waals surface area contributed by atoms with Gasteiger partial charge in [-0.3, -0.25) is 0 Å². The average molecular weight is 395 g/mol. The standard InChI is InChI=1S/C21H25N5O3/c1-21(2,3)29-20(27)26-11-8-15(9-12-26)28-18-6-5-14(13-17(18)23-4)16-7-10-24-19(22)25-16/h5-7,10,13,15H,8-9,11-12H2,1-3H3,(H2,22,24,25). The molecule has 1 aromatic heterocycles. The zero-order chi connectivity index (χ0) is 21.0. The Morgan fingerprint density at radius 3 is 2.62 bits per heavy atom. The van der Waals surface area contributed by atoms with Crippen molar-refractivity contribution in [3.05, 3.63) is 41.9 Å². The predicted molar refractivity (Wildman–Crippen MR) is 110 cm³/mol. The Kier molecular flexibility index (Phi) is 5.87. The van der Waals surface area contributed by atoms with E-state index in [1.807, 2.05) is 26.8 Å². The minimum Gasteiger partial charge on any atom is -0.501 e. The smallest absolute Gasteiger partial charge is 0.410 e. The highest BCUT2D eigenvalue weighted by molar-refractivity contribution is 5.71. The molecule has 0 bridgehead atoms. The van der Waals surface area contributed by atoms with Gasteiger partial charge in [0, 0.05) is 32.1 Å². The van der Waals surface area contributed by atoms with Crippen LogP contribution in [0.4, 0.5) is 16.4 Å². The third-order valence-corrected chi connectivity index (χ3v) is 4.44. The van der Waals surface area contributed by atoms with Crippen molar-refractivity contribution < 1.29 is 14.3 Å². The first kappa shape index (κ1) is 20.4. The molecule has 1 aliphatic heterocycles. The van der Waals surface area contributed by atoms with Gasteiger partial charge in [-0.1, -0.05) is 6.07 Å². The van der Waals surface area contributed by atoms with Crippen LogP contribution in [0, 0.1) is 6.57 Å². The molecule has 1 aromatic carbocycles. The molecule has 0 saturated carbocycles. The molecule has 1 saturated heterocycles. The molecule has 0 spiro atoms. The molecule has 2 aromatic rings. The Bertz CT molecular complexity index is 925. The fraction of sp³-hybridized carbons (Fsp3) is 0.429. The van der Waals surface area contributed by atoms with Crippen molar-refractivity contribution in [1.29, 1.82) is 0 Å². The molecular weight excluding hydrogens is 370 g/mol. The van der Waals surface area contributed by atoms with E-state index < -0.39 is 5.60 Å². The summed E-state index contributed by atoms with van der Waals surface area (Å²) in [6, 6.07) is 7.11. The van der Waals surface area contributed by atoms with E-state index in [0.29, 0.717) is 43.1 Å². The van der Waals surface area contributed by atoms with Gasteiger partial charge in [-0.2, -0.15) is 0 Å². The maximum atomic E-state index is 12.2. The number of nitrogens with two attached hydrogens (primary N) is 1. The van der Waals surface area contributed by atoms with Crippen molar-refractivity contribution in [3.8, 4) is 17.0 Å². The summed E-state index contributed by atoms with van der Waals surface area (Å²) in [7, 11) is 0. The number of nitrogen functional groups attached to an aromatic ring is 1. The molecule has 1 amide bonds. The van der Waals surface area contributed by atoms with E-state index in [2.05, 4.69) is 14.8 Å². The quantitative estimate of drug-likeness (QED) is 0.788. The van der Waals surface area contributed by atoms with E-state index >= 15 is 0 Å². The van der Waals surface area contributed by atoms with Crippen LogP contribution in [-0.4, -0.2) is 45.8 Å². The van der Waals surface area contributed by atoms with E-state index in [9.17, 15) is 4.79 Å². The number of hydrogen-bond donors (Lipinski definition) is 1. The zero-order valence-electron chi connectivity index (χ0n) is 16.9. The molecule has 0 aliphatic carbocycles. The third-order valence-electron chi connectivity index (χ3n) is 4.44. The van der Waals surface area contributed by atoms with Crippen LogP contribution in [0.5, 0.6) is 5.75 Å². The number of benzene rings is 1. The SMILES string of the molecule is [C-]#[N+]c1cc(-c2ccnc(N)n2)ccc1OC1CCN(C(=O)OC(C)(C)C)CC1. The molecule has 0 unspecified atom stereocenters. The van der Waals surface area contributed by atoms with Gasteiger partial charge >= 0.3 is 6.09 Å². The summed E-state index contributed by atoms with van der Waals surface area (Å²) in [6.45, 7) is 14.2. The van der Waals surface area contributed by atoms with E-state index in [1.54, 1.807) is 29.3 Å². The number of carbonyl (C=O) groups is 1. The number of aromatic nitrogens is 2. The normalized spacial score (nSPS) is 14.9. The molecule has 2 heterocycles. The van der Waals surface area contributed by atoms with E-state index in [-0.39, 0.29) is 18.1 Å². The summed E-state index contributed by atoms with van der Waals surface area (Å²) >= 11 is 0. The lowest BCUT2D eigenvalue weighted by Gasteiger charge is -2.33. The number of nitrogens with zero attached hydrogens (tertiary/aromatic N) is 4. The summed E-state index contributed by atoms with van der Waals surface area (Å²) < 4.78 is 11.5. The van der Waals surface area contributed by atoms with Gasteiger partial charge in [0.05, 0.1) is 12.3 Å². The van der Waals surface area contributed by atoms with Crippen LogP contribution in [0.15, 0.2) is 30.5 Å². The van der Waals surface area contributed by atoms with Gasteiger partial charge in [-0.05, 0) is 44.5 Å². The van der Waals surface area contributed by atoms with Gasteiger partial charge < -0.3 is 20.1 Å². The highest BCUT2D eigenvalue weighted by Gasteiger charge is 2.28. The van der Waals surface area contributed by atoms with Crippen LogP contribution in [0.2, 0.25) is 0 Å². The fourth-order valence-corrected chi connectivity index (χ4v) is 3.06. The Hall–Kier alpha value is -3.34. The molecule has 2 N–H and O–H groups in total. The second kappa shape index (κ2) is 8.35. The van der Waals surface area contributed by atoms with Gasteiger partial charge in [0.15, 0.2) is 0 Å². The van der Waals surface area contributed by atoms with Crippen molar-refractivity contribution in [2.24, 2.45) is 0 Å². The largest absolute Gasteiger partial charge is 0.501 e. The number of amides is 1. The van der Waals surface area contributed by atoms with Crippen molar-refractivity contribution in [2.45, 2.75) is 45.3 Å². The number of carbonyl (C=O) groups excluding carboxylic acids is 1. The van der Waals surface area contributed by atoms with Crippen LogP contribution in [0.3, 0.4) is 0 Å². The Labute approximate surface area is 170 Å². The van der Waals surface area contributed by atoms with E-state index in [4.69, 9.17) is 21.8 Å². The lowest BCUT2D eigenvalue weighted by atomic mass is 10.1. The van der Waals surface area contributed by atoms with E-state index in [0.717, 1.165) is 5.56 Å². The van der Waals surface area contributed by atoms with Gasteiger partial charge in [-0.15, -0.1) is 0 Å². The highest BCUT2D eigenvalue weighted by Crippen LogP contribution is 2.34. The minimum absolute atomic E-state index is 0.0604. The van der Waals surface area contributed by atoms with E-state index in [1.165, 1.54) is 0 Å². The first-order valence-corrected chi connectivity index (χ1v) is 9.50. The van der Waals surface area contributed by atoms with Crippen molar-refractivity contribution in [2.75, 3.05) is 18.8 Å². The number of likely N-dealkylation sites (tertiary alicyclic amines) is 1. The number of rotatable bonds is 3. The first-order valence-electron chi connectivity index (χ1n) is 9.50. The molecule has 1 fully saturated rings. The molecule has 152 valence electrons. The predicted octanol–water partition coefficient (Wildman–Crippen LogP) is 4.05. The second-order valence-electron chi connectivity index (χ2n) is 7.88. The monoisotopic (exact) mass is 395 g/mol. The van der Waals surface area contributed by atoms with Crippen molar-refractivity contribution in [1.82, 2.24) is 14.9 Å². The van der Waals surface area contributed by atoms with Crippen LogP contribution in [0.1, 0.15) is 33.6 Å². The summed E-state index contributed by atoms with van der Waals surface area (Å²) in [6.07, 6.45) is 2.58. The summed E-state index contributed by atoms with van der Waals surface area (Å²) in [5.41, 5.74) is 6.97. The lowest BCUT2D eigenvalue weighted by Crippen LogP contribution is -2.44. The highest BCUT2D eigenvalue weighted by atomic mass is 16.6. The maximum absolute atomic E-state index is 12.2. The number of hydrogen-bond acceptors (Lipinski definition) is 6.